The van der Waals surface area contributed by atoms with Crippen LogP contribution < -0.4 is 14.8 Å². The Morgan fingerprint density at radius 2 is 2.05 bits per heavy atom. The number of piperidine rings is 1. The number of rotatable bonds is 6. The Hall–Kier alpha value is -0.720. The van der Waals surface area contributed by atoms with Gasteiger partial charge < -0.3 is 14.8 Å². The second-order valence-corrected chi connectivity index (χ2v) is 5.20. The van der Waals surface area contributed by atoms with Crippen molar-refractivity contribution in [3.8, 4) is 11.8 Å². The van der Waals surface area contributed by atoms with Gasteiger partial charge >= 0.3 is 0 Å². The van der Waals surface area contributed by atoms with Gasteiger partial charge in [-0.2, -0.15) is 9.97 Å². The molecule has 1 aromatic rings. The molecular weight excluding hydrogens is 298 g/mol. The average molecular weight is 320 g/mol. The average Bonchev–Trinajstić information content (AvgIpc) is 2.46. The largest absolute Gasteiger partial charge is 0.478 e. The highest BCUT2D eigenvalue weighted by Crippen LogP contribution is 2.21. The minimum absolute atomic E-state index is 0. The van der Waals surface area contributed by atoms with Crippen molar-refractivity contribution in [3.63, 3.8) is 0 Å². The molecule has 1 aliphatic rings. The van der Waals surface area contributed by atoms with Crippen LogP contribution in [0.25, 0.3) is 0 Å². The molecule has 20 heavy (non-hydrogen) atoms. The Balaban J connectivity index is 0.00000200. The van der Waals surface area contributed by atoms with Gasteiger partial charge in [0.05, 0.1) is 12.7 Å². The van der Waals surface area contributed by atoms with Crippen LogP contribution >= 0.6 is 24.2 Å². The fraction of sp³-hybridized carbons (Fsp3) is 0.692. The van der Waals surface area contributed by atoms with E-state index in [9.17, 15) is 0 Å². The highest BCUT2D eigenvalue weighted by molar-refractivity contribution is 7.98. The third-order valence-corrected chi connectivity index (χ3v) is 3.53. The van der Waals surface area contributed by atoms with Gasteiger partial charge in [0.25, 0.3) is 0 Å². The Kier molecular flexibility index (Phi) is 8.02. The Morgan fingerprint density at radius 3 is 2.65 bits per heavy atom. The molecule has 0 saturated carbocycles. The molecule has 2 rings (SSSR count). The van der Waals surface area contributed by atoms with E-state index in [2.05, 4.69) is 15.3 Å². The molecule has 1 aliphatic heterocycles. The molecule has 0 aliphatic carbocycles. The van der Waals surface area contributed by atoms with Crippen molar-refractivity contribution in [1.82, 2.24) is 15.3 Å². The molecule has 0 spiro atoms. The lowest BCUT2D eigenvalue weighted by Crippen LogP contribution is -2.38. The zero-order valence-corrected chi connectivity index (χ0v) is 13.6. The molecule has 114 valence electrons. The number of nitrogens with zero attached hydrogens (tertiary/aromatic N) is 2. The summed E-state index contributed by atoms with van der Waals surface area (Å²) in [6.07, 6.45) is 5.64. The topological polar surface area (TPSA) is 56.3 Å². The van der Waals surface area contributed by atoms with E-state index in [1.165, 1.54) is 31.0 Å². The lowest BCUT2D eigenvalue weighted by atomic mass is 10.1. The minimum atomic E-state index is 0. The van der Waals surface area contributed by atoms with Crippen molar-refractivity contribution < 1.29 is 9.47 Å². The van der Waals surface area contributed by atoms with Gasteiger partial charge in [-0.3, -0.25) is 0 Å². The van der Waals surface area contributed by atoms with E-state index in [1.807, 2.05) is 13.2 Å². The van der Waals surface area contributed by atoms with Gasteiger partial charge in [-0.05, 0) is 32.6 Å². The summed E-state index contributed by atoms with van der Waals surface area (Å²) in [6, 6.07) is 2.18. The summed E-state index contributed by atoms with van der Waals surface area (Å²) in [4.78, 5) is 8.61. The van der Waals surface area contributed by atoms with Gasteiger partial charge in [0.1, 0.15) is 6.61 Å². The maximum absolute atomic E-state index is 5.77. The zero-order valence-electron chi connectivity index (χ0n) is 11.9. The molecule has 1 fully saturated rings. The van der Waals surface area contributed by atoms with E-state index in [1.54, 1.807) is 6.07 Å². The number of thioether (sulfide) groups is 1. The van der Waals surface area contributed by atoms with Gasteiger partial charge in [-0.1, -0.05) is 18.2 Å². The molecule has 1 saturated heterocycles. The number of nitrogens with one attached hydrogen (secondary N) is 1. The molecule has 0 radical (unpaired) electrons. The monoisotopic (exact) mass is 319 g/mol. The molecule has 0 bridgehead atoms. The van der Waals surface area contributed by atoms with Crippen molar-refractivity contribution in [3.05, 3.63) is 6.07 Å². The first-order valence-electron chi connectivity index (χ1n) is 6.74. The van der Waals surface area contributed by atoms with Crippen molar-refractivity contribution in [2.45, 2.75) is 37.4 Å². The normalized spacial score (nSPS) is 18.2. The molecule has 5 nitrogen and oxygen atoms in total. The fourth-order valence-electron chi connectivity index (χ4n) is 2.02. The molecule has 1 atom stereocenters. The van der Waals surface area contributed by atoms with E-state index >= 15 is 0 Å². The Labute approximate surface area is 130 Å². The van der Waals surface area contributed by atoms with Gasteiger partial charge in [0, 0.05) is 6.04 Å². The molecule has 1 N–H and O–H groups in total. The van der Waals surface area contributed by atoms with Gasteiger partial charge in [0.15, 0.2) is 5.16 Å². The van der Waals surface area contributed by atoms with Crippen LogP contribution in [0.15, 0.2) is 11.2 Å². The predicted molar refractivity (Wildman–Crippen MR) is 83.4 cm³/mol. The first-order valence-corrected chi connectivity index (χ1v) is 7.96. The maximum atomic E-state index is 5.77. The van der Waals surface area contributed by atoms with Crippen molar-refractivity contribution >= 4 is 24.2 Å². The van der Waals surface area contributed by atoms with Crippen LogP contribution in [0.2, 0.25) is 0 Å². The van der Waals surface area contributed by atoms with Crippen LogP contribution in [0.3, 0.4) is 0 Å². The van der Waals surface area contributed by atoms with Crippen LogP contribution in [-0.2, 0) is 0 Å². The summed E-state index contributed by atoms with van der Waals surface area (Å²) in [5, 5.41) is 4.13. The van der Waals surface area contributed by atoms with E-state index in [-0.39, 0.29) is 12.4 Å². The summed E-state index contributed by atoms with van der Waals surface area (Å²) < 4.78 is 11.2. The molecule has 0 aromatic carbocycles. The number of halogens is 1. The number of hydrogen-bond donors (Lipinski definition) is 1. The van der Waals surface area contributed by atoms with Gasteiger partial charge in [-0.25, -0.2) is 0 Å². The minimum Gasteiger partial charge on any atom is -0.478 e. The second-order valence-electron chi connectivity index (χ2n) is 4.42. The zero-order chi connectivity index (χ0) is 13.5. The van der Waals surface area contributed by atoms with E-state index in [0.717, 1.165) is 6.54 Å². The van der Waals surface area contributed by atoms with Crippen molar-refractivity contribution in [2.24, 2.45) is 0 Å². The highest BCUT2D eigenvalue weighted by atomic mass is 35.5. The van der Waals surface area contributed by atoms with Crippen molar-refractivity contribution in [2.75, 3.05) is 26.0 Å². The van der Waals surface area contributed by atoms with Crippen LogP contribution in [0.5, 0.6) is 11.8 Å². The van der Waals surface area contributed by atoms with E-state index in [0.29, 0.717) is 36.2 Å². The number of aromatic nitrogens is 2. The third kappa shape index (κ3) is 5.34. The van der Waals surface area contributed by atoms with Crippen LogP contribution in [0, 0.1) is 0 Å². The summed E-state index contributed by atoms with van der Waals surface area (Å²) >= 11 is 1.49. The fourth-order valence-corrected chi connectivity index (χ4v) is 2.39. The lowest BCUT2D eigenvalue weighted by Gasteiger charge is -2.23. The van der Waals surface area contributed by atoms with Gasteiger partial charge in [-0.15, -0.1) is 12.4 Å². The SMILES string of the molecule is CCOc1cc(OCC2CCCCN2)nc(SC)n1.Cl. The summed E-state index contributed by atoms with van der Waals surface area (Å²) in [5.74, 6) is 1.17. The first kappa shape index (κ1) is 17.3. The molecule has 2 heterocycles. The molecule has 1 aromatic heterocycles. The smallest absolute Gasteiger partial charge is 0.221 e. The summed E-state index contributed by atoms with van der Waals surface area (Å²) in [6.45, 7) is 4.26. The third-order valence-electron chi connectivity index (χ3n) is 2.98. The lowest BCUT2D eigenvalue weighted by molar-refractivity contribution is 0.227. The molecular formula is C13H22ClN3O2S. The maximum Gasteiger partial charge on any atom is 0.221 e. The van der Waals surface area contributed by atoms with Crippen LogP contribution in [-0.4, -0.2) is 42.0 Å². The van der Waals surface area contributed by atoms with E-state index < -0.39 is 0 Å². The molecule has 0 amide bonds. The molecule has 7 heteroatoms. The summed E-state index contributed by atoms with van der Waals surface area (Å²) in [7, 11) is 0. The van der Waals surface area contributed by atoms with Crippen LogP contribution in [0.1, 0.15) is 26.2 Å². The Morgan fingerprint density at radius 1 is 1.30 bits per heavy atom. The quantitative estimate of drug-likeness (QED) is 0.642. The second kappa shape index (κ2) is 9.26. The number of ether oxygens (including phenoxy) is 2. The predicted octanol–water partition coefficient (Wildman–Crippen LogP) is 2.54. The number of hydrogen-bond acceptors (Lipinski definition) is 6. The standard InChI is InChI=1S/C13H21N3O2S.ClH/c1-3-17-11-8-12(16-13(15-11)19-2)18-9-10-6-4-5-7-14-10;/h8,10,14H,3-7,9H2,1-2H3;1H. The Bertz CT molecular complexity index is 403. The van der Waals surface area contributed by atoms with Crippen LogP contribution in [0.4, 0.5) is 0 Å². The van der Waals surface area contributed by atoms with Crippen molar-refractivity contribution in [1.29, 1.82) is 0 Å². The van der Waals surface area contributed by atoms with E-state index in [4.69, 9.17) is 9.47 Å². The summed E-state index contributed by atoms with van der Waals surface area (Å²) in [5.41, 5.74) is 0. The first-order chi connectivity index (χ1) is 9.31. The highest BCUT2D eigenvalue weighted by Gasteiger charge is 2.14. The molecule has 1 unspecified atom stereocenters. The van der Waals surface area contributed by atoms with Gasteiger partial charge in [0.2, 0.25) is 11.8 Å².